The minimum absolute atomic E-state index is 0. The summed E-state index contributed by atoms with van der Waals surface area (Å²) < 4.78 is 19.6. The van der Waals surface area contributed by atoms with Crippen LogP contribution in [0.15, 0.2) is 54.7 Å². The highest BCUT2D eigenvalue weighted by Gasteiger charge is 2.44. The summed E-state index contributed by atoms with van der Waals surface area (Å²) in [7, 11) is 1.49. The molecular formula is C26H31ClN2O6. The predicted octanol–water partition coefficient (Wildman–Crippen LogP) is 3.89. The number of rotatable bonds is 6. The average molecular weight is 503 g/mol. The van der Waals surface area contributed by atoms with E-state index in [1.54, 1.807) is 18.2 Å². The number of aromatic nitrogens is 1. The van der Waals surface area contributed by atoms with Crippen LogP contribution < -0.4 is 14.2 Å². The zero-order valence-electron chi connectivity index (χ0n) is 19.3. The zero-order chi connectivity index (χ0) is 24.6. The fourth-order valence-electron chi connectivity index (χ4n) is 4.76. The summed E-state index contributed by atoms with van der Waals surface area (Å²) in [6, 6.07) is 14.7. The number of carbonyl (C=O) groups is 1. The van der Waals surface area contributed by atoms with Crippen LogP contribution in [-0.2, 0) is 5.60 Å². The van der Waals surface area contributed by atoms with Gasteiger partial charge in [-0.1, -0.05) is 11.6 Å². The maximum Gasteiger partial charge on any atom is 0.253 e. The van der Waals surface area contributed by atoms with Gasteiger partial charge < -0.3 is 33.9 Å². The first kappa shape index (κ1) is 23.5. The maximum absolute atomic E-state index is 13.3. The summed E-state index contributed by atoms with van der Waals surface area (Å²) in [5, 5.41) is 19.1. The fraction of sp³-hybridized carbons (Fsp3) is 0.346. The highest BCUT2D eigenvalue weighted by atomic mass is 35.5. The fourth-order valence-corrected chi connectivity index (χ4v) is 4.93. The van der Waals surface area contributed by atoms with E-state index < -0.39 is 18.3 Å². The van der Waals surface area contributed by atoms with E-state index in [0.717, 1.165) is 17.1 Å². The quantitative estimate of drug-likeness (QED) is 0.531. The van der Waals surface area contributed by atoms with E-state index in [-0.39, 0.29) is 15.4 Å². The van der Waals surface area contributed by atoms with Crippen LogP contribution in [0.5, 0.6) is 17.2 Å². The van der Waals surface area contributed by atoms with E-state index in [4.69, 9.17) is 30.9 Å². The Morgan fingerprint density at radius 2 is 2.00 bits per heavy atom. The molecule has 188 valence electrons. The molecule has 0 radical (unpaired) electrons. The second kappa shape index (κ2) is 9.45. The summed E-state index contributed by atoms with van der Waals surface area (Å²) >= 11 is 6.23. The number of benzene rings is 2. The normalized spacial score (nSPS) is 16.7. The monoisotopic (exact) mass is 502 g/mol. The number of carbonyl (C=O) groups excluding carboxylic acids is 1. The van der Waals surface area contributed by atoms with E-state index in [0.29, 0.717) is 48.0 Å². The van der Waals surface area contributed by atoms with Crippen molar-refractivity contribution < 1.29 is 32.1 Å². The number of hydrogen-bond acceptors (Lipinski definition) is 6. The third-order valence-corrected chi connectivity index (χ3v) is 6.85. The molecule has 1 spiro atoms. The molecule has 2 aliphatic rings. The van der Waals surface area contributed by atoms with Gasteiger partial charge in [0.05, 0.1) is 25.1 Å². The molecule has 2 aliphatic heterocycles. The summed E-state index contributed by atoms with van der Waals surface area (Å²) in [5.41, 5.74) is 1.99. The second-order valence-corrected chi connectivity index (χ2v) is 9.21. The van der Waals surface area contributed by atoms with Gasteiger partial charge in [-0.2, -0.15) is 0 Å². The average Bonchev–Trinajstić information content (AvgIpc) is 3.38. The first-order valence-electron chi connectivity index (χ1n) is 11.5. The molecule has 8 nitrogen and oxygen atoms in total. The minimum atomic E-state index is -0.993. The number of halogens is 1. The summed E-state index contributed by atoms with van der Waals surface area (Å²) in [5.74, 6) is 1.42. The van der Waals surface area contributed by atoms with Crippen LogP contribution in [0.2, 0.25) is 5.02 Å². The lowest BCUT2D eigenvalue weighted by molar-refractivity contribution is -0.00931. The molecular weight excluding hydrogens is 472 g/mol. The Morgan fingerprint density at radius 3 is 2.74 bits per heavy atom. The van der Waals surface area contributed by atoms with Crippen molar-refractivity contribution in [1.29, 1.82) is 0 Å². The van der Waals surface area contributed by atoms with E-state index >= 15 is 0 Å². The van der Waals surface area contributed by atoms with Gasteiger partial charge in [0.2, 0.25) is 0 Å². The highest BCUT2D eigenvalue weighted by molar-refractivity contribution is 6.30. The van der Waals surface area contributed by atoms with Gasteiger partial charge in [-0.3, -0.25) is 4.79 Å². The number of aliphatic hydroxyl groups is 2. The predicted molar refractivity (Wildman–Crippen MR) is 134 cm³/mol. The molecule has 1 atom stereocenters. The van der Waals surface area contributed by atoms with Crippen LogP contribution in [-0.4, -0.2) is 65.1 Å². The highest BCUT2D eigenvalue weighted by Crippen LogP contribution is 2.46. The van der Waals surface area contributed by atoms with Gasteiger partial charge in [0.15, 0.2) is 17.1 Å². The third-order valence-electron chi connectivity index (χ3n) is 6.61. The Balaban J connectivity index is 0.00000190. The molecule has 3 heterocycles. The van der Waals surface area contributed by atoms with E-state index in [1.165, 1.54) is 7.11 Å². The number of hydrogen-bond donors (Lipinski definition) is 2. The van der Waals surface area contributed by atoms with Crippen LogP contribution in [0.4, 0.5) is 0 Å². The maximum atomic E-state index is 13.3. The van der Waals surface area contributed by atoms with Crippen molar-refractivity contribution in [3.8, 4) is 22.9 Å². The van der Waals surface area contributed by atoms with Gasteiger partial charge in [0.1, 0.15) is 18.5 Å². The Morgan fingerprint density at radius 1 is 1.20 bits per heavy atom. The van der Waals surface area contributed by atoms with Crippen LogP contribution >= 0.6 is 11.6 Å². The zero-order valence-corrected chi connectivity index (χ0v) is 20.1. The van der Waals surface area contributed by atoms with Gasteiger partial charge in [-0.05, 0) is 42.5 Å². The Hall–Kier alpha value is -3.20. The first-order valence-corrected chi connectivity index (χ1v) is 11.9. The van der Waals surface area contributed by atoms with E-state index in [2.05, 4.69) is 10.6 Å². The van der Waals surface area contributed by atoms with Crippen LogP contribution in [0.25, 0.3) is 5.69 Å². The lowest BCUT2D eigenvalue weighted by Gasteiger charge is -2.45. The molecule has 1 fully saturated rings. The SMILES string of the molecule is COc1cc(C(=O)N2CCC3(CC2)Oc2cc(Cl)ccc2-n2cccc23)ccc1OC[C@H](O)CO.[HH].[HH]. The van der Waals surface area contributed by atoms with Crippen LogP contribution in [0, 0.1) is 0 Å². The number of piperidine rings is 1. The number of ether oxygens (including phenoxy) is 3. The Kier molecular flexibility index (Phi) is 6.35. The van der Waals surface area contributed by atoms with Gasteiger partial charge >= 0.3 is 0 Å². The number of aliphatic hydroxyl groups excluding tert-OH is 2. The van der Waals surface area contributed by atoms with Crippen molar-refractivity contribution in [1.82, 2.24) is 9.47 Å². The molecule has 1 aromatic heterocycles. The number of methoxy groups -OCH3 is 1. The number of nitrogens with zero attached hydrogens (tertiary/aromatic N) is 2. The van der Waals surface area contributed by atoms with E-state index in [1.807, 2.05) is 35.4 Å². The molecule has 0 aliphatic carbocycles. The lowest BCUT2D eigenvalue weighted by Crippen LogP contribution is -2.50. The van der Waals surface area contributed by atoms with Gasteiger partial charge in [0.25, 0.3) is 5.91 Å². The van der Waals surface area contributed by atoms with Crippen LogP contribution in [0.3, 0.4) is 0 Å². The van der Waals surface area contributed by atoms with Gasteiger partial charge in [-0.15, -0.1) is 0 Å². The number of fused-ring (bicyclic) bond motifs is 4. The molecule has 3 aromatic rings. The van der Waals surface area contributed by atoms with Crippen LogP contribution in [0.1, 0.15) is 31.7 Å². The minimum Gasteiger partial charge on any atom is -0.493 e. The third kappa shape index (κ3) is 4.33. The first-order chi connectivity index (χ1) is 16.9. The summed E-state index contributed by atoms with van der Waals surface area (Å²) in [4.78, 5) is 15.1. The molecule has 5 rings (SSSR count). The standard InChI is InChI=1S/C26H27ClN2O6.2H2/c1-33-23-13-17(4-7-21(23)34-16-19(31)15-30)25(32)28-11-8-26(9-12-28)24-3-2-10-29(24)20-6-5-18(27)14-22(20)35-26;;/h2-7,10,13-14,19,30-31H,8-9,11-12,15-16H2,1H3;2*1H/t19-;;/m1../s1. The molecule has 35 heavy (non-hydrogen) atoms. The molecule has 2 N–H and O–H groups in total. The second-order valence-electron chi connectivity index (χ2n) is 8.78. The number of likely N-dealkylation sites (tertiary alicyclic amines) is 1. The van der Waals surface area contributed by atoms with Crippen molar-refractivity contribution in [3.05, 3.63) is 71.0 Å². The molecule has 1 amide bonds. The van der Waals surface area contributed by atoms with Crippen molar-refractivity contribution in [2.24, 2.45) is 0 Å². The largest absolute Gasteiger partial charge is 0.493 e. The van der Waals surface area contributed by atoms with E-state index in [9.17, 15) is 9.90 Å². The van der Waals surface area contributed by atoms with Crippen molar-refractivity contribution in [3.63, 3.8) is 0 Å². The lowest BCUT2D eigenvalue weighted by atomic mass is 9.86. The molecule has 0 bridgehead atoms. The Bertz CT molecular complexity index is 1250. The molecule has 0 unspecified atom stereocenters. The Labute approximate surface area is 211 Å². The topological polar surface area (TPSA) is 93.4 Å². The van der Waals surface area contributed by atoms with Crippen molar-refractivity contribution in [2.45, 2.75) is 24.5 Å². The van der Waals surface area contributed by atoms with Crippen molar-refractivity contribution >= 4 is 17.5 Å². The molecule has 2 aromatic carbocycles. The molecule has 9 heteroatoms. The van der Waals surface area contributed by atoms with Gasteiger partial charge in [0, 0.05) is 51.6 Å². The van der Waals surface area contributed by atoms with Gasteiger partial charge in [-0.25, -0.2) is 0 Å². The molecule has 1 saturated heterocycles. The summed E-state index contributed by atoms with van der Waals surface area (Å²) in [6.07, 6.45) is 2.32. The smallest absolute Gasteiger partial charge is 0.253 e. The summed E-state index contributed by atoms with van der Waals surface area (Å²) in [6.45, 7) is 0.583. The number of amides is 1. The van der Waals surface area contributed by atoms with Crippen molar-refractivity contribution in [2.75, 3.05) is 33.4 Å². The molecule has 0 saturated carbocycles.